The third kappa shape index (κ3) is 7.61. The second-order valence-electron chi connectivity index (χ2n) is 9.85. The van der Waals surface area contributed by atoms with Crippen LogP contribution in [-0.2, 0) is 26.2 Å². The molecule has 3 aromatic carbocycles. The van der Waals surface area contributed by atoms with E-state index in [0.29, 0.717) is 22.7 Å². The zero-order chi connectivity index (χ0) is 28.7. The summed E-state index contributed by atoms with van der Waals surface area (Å²) in [5.41, 5.74) is 2.68. The minimum Gasteiger partial charge on any atom is -0.352 e. The van der Waals surface area contributed by atoms with Crippen LogP contribution in [0.1, 0.15) is 43.9 Å². The summed E-state index contributed by atoms with van der Waals surface area (Å²) in [5.74, 6) is -0.789. The number of hydrogen-bond donors (Lipinski definition) is 1. The molecule has 208 valence electrons. The Balaban J connectivity index is 2.09. The van der Waals surface area contributed by atoms with Crippen molar-refractivity contribution in [1.29, 1.82) is 0 Å². The topological polar surface area (TPSA) is 86.8 Å². The van der Waals surface area contributed by atoms with Gasteiger partial charge in [0.05, 0.1) is 10.6 Å². The number of aryl methyl sites for hydroxylation is 2. The van der Waals surface area contributed by atoms with Gasteiger partial charge in [-0.1, -0.05) is 72.6 Å². The minimum atomic E-state index is -4.16. The third-order valence-corrected chi connectivity index (χ3v) is 8.35. The summed E-state index contributed by atoms with van der Waals surface area (Å²) in [5, 5.41) is 3.24. The smallest absolute Gasteiger partial charge is 0.264 e. The van der Waals surface area contributed by atoms with Gasteiger partial charge in [0.2, 0.25) is 11.8 Å². The number of nitrogens with one attached hydrogen (secondary N) is 1. The molecule has 0 aliphatic carbocycles. The highest BCUT2D eigenvalue weighted by Gasteiger charge is 2.34. The summed E-state index contributed by atoms with van der Waals surface area (Å²) in [4.78, 5) is 28.7. The van der Waals surface area contributed by atoms with Crippen molar-refractivity contribution in [3.63, 3.8) is 0 Å². The summed E-state index contributed by atoms with van der Waals surface area (Å²) in [6.07, 6.45) is 0.359. The first-order chi connectivity index (χ1) is 18.4. The first-order valence-corrected chi connectivity index (χ1v) is 14.7. The number of carbonyl (C=O) groups excluding carboxylic acids is 2. The van der Waals surface area contributed by atoms with E-state index in [0.717, 1.165) is 15.4 Å². The van der Waals surface area contributed by atoms with Gasteiger partial charge in [-0.2, -0.15) is 0 Å². The van der Waals surface area contributed by atoms with Crippen LogP contribution in [0.15, 0.2) is 77.7 Å². The van der Waals surface area contributed by atoms with E-state index in [-0.39, 0.29) is 23.4 Å². The SMILES string of the molecule is CC[C@H](C(=O)NC(C)C)N(Cc1ccccc1)C(=O)CN(c1cc(Cl)ccc1C)S(=O)(=O)c1ccc(C)cc1. The number of halogens is 1. The predicted octanol–water partition coefficient (Wildman–Crippen LogP) is 5.48. The molecular formula is C30H36ClN3O4S. The number of anilines is 1. The van der Waals surface area contributed by atoms with Crippen molar-refractivity contribution in [2.75, 3.05) is 10.8 Å². The lowest BCUT2D eigenvalue weighted by Gasteiger charge is -2.34. The zero-order valence-corrected chi connectivity index (χ0v) is 24.6. The van der Waals surface area contributed by atoms with E-state index in [1.54, 1.807) is 37.3 Å². The number of amides is 2. The lowest BCUT2D eigenvalue weighted by Crippen LogP contribution is -2.53. The monoisotopic (exact) mass is 569 g/mol. The summed E-state index contributed by atoms with van der Waals surface area (Å²) in [7, 11) is -4.16. The van der Waals surface area contributed by atoms with Crippen LogP contribution in [0, 0.1) is 13.8 Å². The van der Waals surface area contributed by atoms with Crippen molar-refractivity contribution < 1.29 is 18.0 Å². The fourth-order valence-corrected chi connectivity index (χ4v) is 5.92. The summed E-state index contributed by atoms with van der Waals surface area (Å²) in [6.45, 7) is 8.81. The van der Waals surface area contributed by atoms with E-state index in [1.807, 2.05) is 58.0 Å². The Labute approximate surface area is 236 Å². The van der Waals surface area contributed by atoms with Gasteiger partial charge in [-0.3, -0.25) is 13.9 Å². The molecule has 0 saturated carbocycles. The molecule has 3 rings (SSSR count). The number of benzene rings is 3. The molecule has 0 spiro atoms. The molecule has 3 aromatic rings. The van der Waals surface area contributed by atoms with Gasteiger partial charge < -0.3 is 10.2 Å². The lowest BCUT2D eigenvalue weighted by molar-refractivity contribution is -0.140. The largest absolute Gasteiger partial charge is 0.352 e. The van der Waals surface area contributed by atoms with E-state index in [4.69, 9.17) is 11.6 Å². The van der Waals surface area contributed by atoms with Gasteiger partial charge in [0.25, 0.3) is 10.0 Å². The number of carbonyl (C=O) groups is 2. The predicted molar refractivity (Wildman–Crippen MR) is 156 cm³/mol. The molecule has 0 saturated heterocycles. The first kappa shape index (κ1) is 30.2. The molecule has 1 N–H and O–H groups in total. The van der Waals surface area contributed by atoms with Crippen LogP contribution in [0.2, 0.25) is 5.02 Å². The Morgan fingerprint density at radius 2 is 1.59 bits per heavy atom. The van der Waals surface area contributed by atoms with Crippen molar-refractivity contribution in [1.82, 2.24) is 10.2 Å². The molecular weight excluding hydrogens is 534 g/mol. The fraction of sp³-hybridized carbons (Fsp3) is 0.333. The van der Waals surface area contributed by atoms with Gasteiger partial charge in [-0.05, 0) is 69.5 Å². The molecule has 9 heteroatoms. The quantitative estimate of drug-likeness (QED) is 0.331. The van der Waals surface area contributed by atoms with Crippen LogP contribution >= 0.6 is 11.6 Å². The molecule has 0 unspecified atom stereocenters. The highest BCUT2D eigenvalue weighted by Crippen LogP contribution is 2.30. The van der Waals surface area contributed by atoms with Crippen LogP contribution in [0.5, 0.6) is 0 Å². The number of sulfonamides is 1. The highest BCUT2D eigenvalue weighted by atomic mass is 35.5. The second kappa shape index (κ2) is 13.1. The van der Waals surface area contributed by atoms with Gasteiger partial charge in [-0.25, -0.2) is 8.42 Å². The second-order valence-corrected chi connectivity index (χ2v) is 12.1. The number of hydrogen-bond acceptors (Lipinski definition) is 4. The Kier molecular flexibility index (Phi) is 10.2. The third-order valence-electron chi connectivity index (χ3n) is 6.34. The zero-order valence-electron chi connectivity index (χ0n) is 23.0. The van der Waals surface area contributed by atoms with E-state index < -0.39 is 28.5 Å². The summed E-state index contributed by atoms with van der Waals surface area (Å²) < 4.78 is 29.0. The Hall–Kier alpha value is -3.36. The molecule has 0 fully saturated rings. The van der Waals surface area contributed by atoms with Crippen LogP contribution in [0.25, 0.3) is 0 Å². The van der Waals surface area contributed by atoms with Crippen molar-refractivity contribution in [3.8, 4) is 0 Å². The van der Waals surface area contributed by atoms with Crippen molar-refractivity contribution in [2.24, 2.45) is 0 Å². The van der Waals surface area contributed by atoms with Crippen LogP contribution in [0.4, 0.5) is 5.69 Å². The summed E-state index contributed by atoms with van der Waals surface area (Å²) in [6, 6.07) is 19.8. The molecule has 1 atom stereocenters. The first-order valence-electron chi connectivity index (χ1n) is 12.9. The van der Waals surface area contributed by atoms with Crippen LogP contribution in [-0.4, -0.2) is 43.8 Å². The standard InChI is InChI=1S/C30H36ClN3O4S/c1-6-27(30(36)32-21(2)3)33(19-24-10-8-7-9-11-24)29(35)20-34(28-18-25(31)15-14-23(28)5)39(37,38)26-16-12-22(4)13-17-26/h7-18,21,27H,6,19-20H2,1-5H3,(H,32,36)/t27-/m1/s1. The number of rotatable bonds is 11. The Bertz CT molecular complexity index is 1390. The Morgan fingerprint density at radius 3 is 2.18 bits per heavy atom. The van der Waals surface area contributed by atoms with Crippen LogP contribution in [0.3, 0.4) is 0 Å². The molecule has 0 bridgehead atoms. The average Bonchev–Trinajstić information content (AvgIpc) is 2.89. The normalized spacial score (nSPS) is 12.2. The van der Waals surface area contributed by atoms with Gasteiger partial charge >= 0.3 is 0 Å². The van der Waals surface area contributed by atoms with Crippen molar-refractivity contribution in [3.05, 3.63) is 94.5 Å². The van der Waals surface area contributed by atoms with Crippen LogP contribution < -0.4 is 9.62 Å². The van der Waals surface area contributed by atoms with Crippen molar-refractivity contribution in [2.45, 2.75) is 64.6 Å². The van der Waals surface area contributed by atoms with E-state index >= 15 is 0 Å². The molecule has 0 aliphatic heterocycles. The maximum Gasteiger partial charge on any atom is 0.264 e. The van der Waals surface area contributed by atoms with Gasteiger partial charge in [0, 0.05) is 17.6 Å². The lowest BCUT2D eigenvalue weighted by atomic mass is 10.1. The highest BCUT2D eigenvalue weighted by molar-refractivity contribution is 7.92. The van der Waals surface area contributed by atoms with Crippen molar-refractivity contribution >= 4 is 39.1 Å². The maximum absolute atomic E-state index is 14.1. The average molecular weight is 570 g/mol. The minimum absolute atomic E-state index is 0.0551. The number of nitrogens with zero attached hydrogens (tertiary/aromatic N) is 2. The summed E-state index contributed by atoms with van der Waals surface area (Å²) >= 11 is 6.28. The van der Waals surface area contributed by atoms with E-state index in [9.17, 15) is 18.0 Å². The molecule has 0 heterocycles. The molecule has 0 radical (unpaired) electrons. The molecule has 2 amide bonds. The van der Waals surface area contributed by atoms with Gasteiger partial charge in [0.15, 0.2) is 0 Å². The molecule has 0 aliphatic rings. The van der Waals surface area contributed by atoms with Gasteiger partial charge in [0.1, 0.15) is 12.6 Å². The Morgan fingerprint density at radius 1 is 0.949 bits per heavy atom. The molecule has 39 heavy (non-hydrogen) atoms. The van der Waals surface area contributed by atoms with E-state index in [1.165, 1.54) is 17.0 Å². The van der Waals surface area contributed by atoms with E-state index in [2.05, 4.69) is 5.32 Å². The molecule has 0 aromatic heterocycles. The maximum atomic E-state index is 14.1. The fourth-order valence-electron chi connectivity index (χ4n) is 4.28. The van der Waals surface area contributed by atoms with Gasteiger partial charge in [-0.15, -0.1) is 0 Å². The molecule has 7 nitrogen and oxygen atoms in total.